The van der Waals surface area contributed by atoms with Gasteiger partial charge in [-0.05, 0) is 55.8 Å². The van der Waals surface area contributed by atoms with Crippen molar-refractivity contribution in [1.29, 1.82) is 0 Å². The third-order valence-corrected chi connectivity index (χ3v) is 3.91. The summed E-state index contributed by atoms with van der Waals surface area (Å²) in [6.07, 6.45) is 0.188. The van der Waals surface area contributed by atoms with Crippen LogP contribution in [-0.4, -0.2) is 22.4 Å². The molecule has 3 aromatic rings. The maximum Gasteiger partial charge on any atom is 0.228 e. The molecule has 0 fully saturated rings. The minimum Gasteiger partial charge on any atom is -0.354 e. The molecule has 0 unspecified atom stereocenters. The topological polar surface area (TPSA) is 78.9 Å². The number of aromatic nitrogens is 2. The van der Waals surface area contributed by atoms with E-state index >= 15 is 0 Å². The van der Waals surface area contributed by atoms with Crippen molar-refractivity contribution in [3.63, 3.8) is 0 Å². The number of hydrogen-bond donors (Lipinski definition) is 3. The molecule has 3 rings (SSSR count). The molecule has 1 heterocycles. The third-order valence-electron chi connectivity index (χ3n) is 3.91. The number of carbonyl (C=O) groups excluding carboxylic acids is 1. The predicted octanol–water partition coefficient (Wildman–Crippen LogP) is 4.28. The second-order valence-electron chi connectivity index (χ2n) is 6.30. The van der Waals surface area contributed by atoms with Crippen LogP contribution in [0.15, 0.2) is 54.6 Å². The molecule has 0 aliphatic rings. The zero-order valence-electron chi connectivity index (χ0n) is 15.8. The Balaban J connectivity index is 1.60. The van der Waals surface area contributed by atoms with Crippen LogP contribution in [0.4, 0.5) is 27.5 Å². The molecule has 1 amide bonds. The Bertz CT molecular complexity index is 942. The SMILES string of the molecule is CCNc1nc(C)cc(Nc2ccc(NC(=O)Cc3ccc(F)cc3)cc2)n1. The first-order valence-electron chi connectivity index (χ1n) is 9.03. The van der Waals surface area contributed by atoms with E-state index in [0.29, 0.717) is 17.5 Å². The van der Waals surface area contributed by atoms with Crippen molar-refractivity contribution < 1.29 is 9.18 Å². The van der Waals surface area contributed by atoms with Crippen LogP contribution in [0.3, 0.4) is 0 Å². The molecule has 3 N–H and O–H groups in total. The summed E-state index contributed by atoms with van der Waals surface area (Å²) in [6, 6.07) is 15.1. The van der Waals surface area contributed by atoms with Crippen molar-refractivity contribution in [3.05, 3.63) is 71.7 Å². The molecule has 0 atom stereocenters. The van der Waals surface area contributed by atoms with Crippen molar-refractivity contribution in [3.8, 4) is 0 Å². The summed E-state index contributed by atoms with van der Waals surface area (Å²) in [4.78, 5) is 20.9. The van der Waals surface area contributed by atoms with Gasteiger partial charge in [0.2, 0.25) is 11.9 Å². The number of aryl methyl sites for hydroxylation is 1. The zero-order chi connectivity index (χ0) is 19.9. The van der Waals surface area contributed by atoms with Crippen LogP contribution in [0.5, 0.6) is 0 Å². The van der Waals surface area contributed by atoms with Crippen molar-refractivity contribution >= 4 is 29.0 Å². The molecule has 0 radical (unpaired) electrons. The Kier molecular flexibility index (Phi) is 6.16. The smallest absolute Gasteiger partial charge is 0.228 e. The lowest BCUT2D eigenvalue weighted by Gasteiger charge is -2.10. The fraction of sp³-hybridized carbons (Fsp3) is 0.190. The number of nitrogens with one attached hydrogen (secondary N) is 3. The fourth-order valence-electron chi connectivity index (χ4n) is 2.65. The largest absolute Gasteiger partial charge is 0.354 e. The van der Waals surface area contributed by atoms with Gasteiger partial charge in [0.15, 0.2) is 0 Å². The van der Waals surface area contributed by atoms with E-state index in [-0.39, 0.29) is 18.1 Å². The van der Waals surface area contributed by atoms with Crippen molar-refractivity contribution in [2.75, 3.05) is 22.5 Å². The molecule has 2 aromatic carbocycles. The van der Waals surface area contributed by atoms with Gasteiger partial charge in [-0.2, -0.15) is 4.98 Å². The summed E-state index contributed by atoms with van der Waals surface area (Å²) >= 11 is 0. The monoisotopic (exact) mass is 379 g/mol. The van der Waals surface area contributed by atoms with E-state index in [2.05, 4.69) is 25.9 Å². The summed E-state index contributed by atoms with van der Waals surface area (Å²) in [5.74, 6) is 0.795. The van der Waals surface area contributed by atoms with Gasteiger partial charge in [-0.15, -0.1) is 0 Å². The van der Waals surface area contributed by atoms with Crippen LogP contribution in [0.2, 0.25) is 0 Å². The number of halogens is 1. The van der Waals surface area contributed by atoms with Crippen molar-refractivity contribution in [1.82, 2.24) is 9.97 Å². The van der Waals surface area contributed by atoms with Gasteiger partial charge in [-0.1, -0.05) is 12.1 Å². The van der Waals surface area contributed by atoms with Crippen LogP contribution < -0.4 is 16.0 Å². The van der Waals surface area contributed by atoms with Gasteiger partial charge >= 0.3 is 0 Å². The van der Waals surface area contributed by atoms with Crippen LogP contribution in [0.1, 0.15) is 18.2 Å². The average Bonchev–Trinajstić information content (AvgIpc) is 2.65. The highest BCUT2D eigenvalue weighted by atomic mass is 19.1. The normalized spacial score (nSPS) is 10.4. The van der Waals surface area contributed by atoms with Crippen LogP contribution in [-0.2, 0) is 11.2 Å². The first-order chi connectivity index (χ1) is 13.5. The summed E-state index contributed by atoms with van der Waals surface area (Å²) in [7, 11) is 0. The van der Waals surface area contributed by atoms with Gasteiger partial charge in [0.1, 0.15) is 11.6 Å². The molecular weight excluding hydrogens is 357 g/mol. The summed E-state index contributed by atoms with van der Waals surface area (Å²) in [5, 5.41) is 9.16. The molecule has 0 saturated carbocycles. The number of anilines is 4. The van der Waals surface area contributed by atoms with E-state index in [1.54, 1.807) is 12.1 Å². The lowest BCUT2D eigenvalue weighted by molar-refractivity contribution is -0.115. The fourth-order valence-corrected chi connectivity index (χ4v) is 2.65. The number of rotatable bonds is 7. The van der Waals surface area contributed by atoms with Gasteiger partial charge < -0.3 is 16.0 Å². The maximum atomic E-state index is 12.9. The molecule has 6 nitrogen and oxygen atoms in total. The van der Waals surface area contributed by atoms with Crippen LogP contribution >= 0.6 is 0 Å². The Morgan fingerprint density at radius 2 is 1.68 bits per heavy atom. The number of benzene rings is 2. The number of hydrogen-bond acceptors (Lipinski definition) is 5. The Morgan fingerprint density at radius 1 is 1.00 bits per heavy atom. The quantitative estimate of drug-likeness (QED) is 0.571. The summed E-state index contributed by atoms with van der Waals surface area (Å²) < 4.78 is 12.9. The second kappa shape index (κ2) is 8.94. The first kappa shape index (κ1) is 19.3. The van der Waals surface area contributed by atoms with Gasteiger partial charge in [-0.3, -0.25) is 4.79 Å². The minimum absolute atomic E-state index is 0.158. The van der Waals surface area contributed by atoms with Gasteiger partial charge in [0.25, 0.3) is 0 Å². The molecule has 0 aliphatic heterocycles. The van der Waals surface area contributed by atoms with Crippen molar-refractivity contribution in [2.45, 2.75) is 20.3 Å². The molecule has 0 bridgehead atoms. The van der Waals surface area contributed by atoms with E-state index in [9.17, 15) is 9.18 Å². The predicted molar refractivity (Wildman–Crippen MR) is 109 cm³/mol. The average molecular weight is 379 g/mol. The van der Waals surface area contributed by atoms with Crippen molar-refractivity contribution in [2.24, 2.45) is 0 Å². The Hall–Kier alpha value is -3.48. The maximum absolute atomic E-state index is 12.9. The number of amides is 1. The van der Waals surface area contributed by atoms with E-state index < -0.39 is 0 Å². The van der Waals surface area contributed by atoms with Crippen LogP contribution in [0.25, 0.3) is 0 Å². The highest BCUT2D eigenvalue weighted by Crippen LogP contribution is 2.19. The molecule has 0 spiro atoms. The summed E-state index contributed by atoms with van der Waals surface area (Å²) in [5.41, 5.74) is 3.15. The Labute approximate surface area is 163 Å². The van der Waals surface area contributed by atoms with Gasteiger partial charge in [-0.25, -0.2) is 9.37 Å². The summed E-state index contributed by atoms with van der Waals surface area (Å²) in [6.45, 7) is 4.64. The molecule has 144 valence electrons. The lowest BCUT2D eigenvalue weighted by atomic mass is 10.1. The van der Waals surface area contributed by atoms with Gasteiger partial charge in [0, 0.05) is 29.7 Å². The molecule has 7 heteroatoms. The highest BCUT2D eigenvalue weighted by Gasteiger charge is 2.06. The van der Waals surface area contributed by atoms with E-state index in [0.717, 1.165) is 23.5 Å². The van der Waals surface area contributed by atoms with E-state index in [4.69, 9.17) is 0 Å². The molecule has 0 aliphatic carbocycles. The lowest BCUT2D eigenvalue weighted by Crippen LogP contribution is -2.14. The molecule has 1 aromatic heterocycles. The first-order valence-corrected chi connectivity index (χ1v) is 9.03. The van der Waals surface area contributed by atoms with Gasteiger partial charge in [0.05, 0.1) is 6.42 Å². The van der Waals surface area contributed by atoms with E-state index in [1.807, 2.05) is 44.2 Å². The third kappa shape index (κ3) is 5.51. The standard InChI is InChI=1S/C21H22FN5O/c1-3-23-21-24-14(2)12-19(27-21)25-17-8-10-18(11-9-17)26-20(28)13-15-4-6-16(22)7-5-15/h4-12H,3,13H2,1-2H3,(H,26,28)(H2,23,24,25,27). The molecular formula is C21H22FN5O. The Morgan fingerprint density at radius 3 is 2.36 bits per heavy atom. The number of nitrogens with zero attached hydrogens (tertiary/aromatic N) is 2. The molecule has 28 heavy (non-hydrogen) atoms. The highest BCUT2D eigenvalue weighted by molar-refractivity contribution is 5.92. The second-order valence-corrected chi connectivity index (χ2v) is 6.30. The number of carbonyl (C=O) groups is 1. The zero-order valence-corrected chi connectivity index (χ0v) is 15.8. The van der Waals surface area contributed by atoms with E-state index in [1.165, 1.54) is 12.1 Å². The van der Waals surface area contributed by atoms with Crippen LogP contribution in [0, 0.1) is 12.7 Å². The molecule has 0 saturated heterocycles. The minimum atomic E-state index is -0.316.